The van der Waals surface area contributed by atoms with Crippen molar-refractivity contribution in [3.05, 3.63) is 65.2 Å². The Hall–Kier alpha value is -2.29. The highest BCUT2D eigenvalue weighted by Crippen LogP contribution is 2.38. The maximum absolute atomic E-state index is 11.0. The first-order valence-corrected chi connectivity index (χ1v) is 7.24. The monoisotopic (exact) mass is 281 g/mol. The van der Waals surface area contributed by atoms with Crippen LogP contribution in [0.25, 0.3) is 0 Å². The number of rotatable bonds is 4. The smallest absolute Gasteiger partial charge is 0.304 e. The predicted molar refractivity (Wildman–Crippen MR) is 83.7 cm³/mol. The van der Waals surface area contributed by atoms with E-state index in [-0.39, 0.29) is 12.3 Å². The number of carbonyl (C=O) groups is 1. The van der Waals surface area contributed by atoms with E-state index in [4.69, 9.17) is 5.11 Å². The molecule has 0 saturated carbocycles. The van der Waals surface area contributed by atoms with Gasteiger partial charge in [0.15, 0.2) is 0 Å². The zero-order chi connectivity index (χ0) is 14.8. The molecule has 1 aliphatic rings. The van der Waals surface area contributed by atoms with Gasteiger partial charge >= 0.3 is 5.97 Å². The third-order valence-corrected chi connectivity index (χ3v) is 4.07. The number of fused-ring (bicyclic) bond motifs is 1. The second-order valence-corrected chi connectivity index (χ2v) is 5.72. The van der Waals surface area contributed by atoms with E-state index in [1.54, 1.807) is 0 Å². The molecule has 0 fully saturated rings. The van der Waals surface area contributed by atoms with Crippen molar-refractivity contribution >= 4 is 11.7 Å². The molecule has 3 nitrogen and oxygen atoms in total. The van der Waals surface area contributed by atoms with Crippen LogP contribution in [0.3, 0.4) is 0 Å². The molecule has 3 heteroatoms. The van der Waals surface area contributed by atoms with Gasteiger partial charge in [0.25, 0.3) is 0 Å². The first-order chi connectivity index (χ1) is 10.1. The lowest BCUT2D eigenvalue weighted by Gasteiger charge is -2.20. The molecule has 0 aromatic heterocycles. The molecule has 1 aliphatic heterocycles. The molecule has 1 N–H and O–H groups in total. The minimum absolute atomic E-state index is 0.0872. The summed E-state index contributed by atoms with van der Waals surface area (Å²) in [6, 6.07) is 16.7. The van der Waals surface area contributed by atoms with Crippen molar-refractivity contribution in [3.63, 3.8) is 0 Å². The molecule has 2 aromatic carbocycles. The minimum atomic E-state index is -0.730. The Kier molecular flexibility index (Phi) is 3.65. The van der Waals surface area contributed by atoms with Crippen LogP contribution >= 0.6 is 0 Å². The van der Waals surface area contributed by atoms with Crippen molar-refractivity contribution in [1.29, 1.82) is 0 Å². The van der Waals surface area contributed by atoms with Crippen molar-refractivity contribution in [2.24, 2.45) is 0 Å². The topological polar surface area (TPSA) is 40.5 Å². The quantitative estimate of drug-likeness (QED) is 0.931. The third kappa shape index (κ3) is 2.92. The van der Waals surface area contributed by atoms with Gasteiger partial charge in [-0.3, -0.25) is 4.79 Å². The lowest BCUT2D eigenvalue weighted by molar-refractivity contribution is -0.137. The summed E-state index contributed by atoms with van der Waals surface area (Å²) >= 11 is 0. The zero-order valence-electron chi connectivity index (χ0n) is 12.1. The highest BCUT2D eigenvalue weighted by molar-refractivity contribution is 5.71. The van der Waals surface area contributed by atoms with Gasteiger partial charge in [0, 0.05) is 24.7 Å². The molecule has 1 heterocycles. The van der Waals surface area contributed by atoms with E-state index in [9.17, 15) is 4.79 Å². The average molecular weight is 281 g/mol. The van der Waals surface area contributed by atoms with Crippen LogP contribution in [0.15, 0.2) is 48.5 Å². The van der Waals surface area contributed by atoms with E-state index in [1.807, 2.05) is 12.1 Å². The summed E-state index contributed by atoms with van der Waals surface area (Å²) in [5.41, 5.74) is 4.84. The summed E-state index contributed by atoms with van der Waals surface area (Å²) < 4.78 is 0. The van der Waals surface area contributed by atoms with Crippen molar-refractivity contribution in [2.45, 2.75) is 25.8 Å². The Morgan fingerprint density at radius 1 is 1.19 bits per heavy atom. The Bertz CT molecular complexity index is 649. The fraction of sp³-hybridized carbons (Fsp3) is 0.278. The lowest BCUT2D eigenvalue weighted by atomic mass is 9.98. The summed E-state index contributed by atoms with van der Waals surface area (Å²) in [6.07, 6.45) is 0.196. The van der Waals surface area contributed by atoms with Crippen LogP contribution in [0.5, 0.6) is 0 Å². The van der Waals surface area contributed by atoms with Gasteiger partial charge in [0.1, 0.15) is 0 Å². The second kappa shape index (κ2) is 5.60. The van der Waals surface area contributed by atoms with Crippen molar-refractivity contribution in [2.75, 3.05) is 11.4 Å². The second-order valence-electron chi connectivity index (χ2n) is 5.72. The molecular formula is C18H19NO2. The molecule has 2 aromatic rings. The van der Waals surface area contributed by atoms with Gasteiger partial charge < -0.3 is 10.0 Å². The van der Waals surface area contributed by atoms with Gasteiger partial charge in [-0.1, -0.05) is 48.0 Å². The fourth-order valence-corrected chi connectivity index (χ4v) is 3.03. The summed E-state index contributed by atoms with van der Waals surface area (Å²) in [5, 5.41) is 9.09. The predicted octanol–water partition coefficient (Wildman–Crippen LogP) is 3.57. The first-order valence-electron chi connectivity index (χ1n) is 7.24. The number of anilines is 1. The van der Waals surface area contributed by atoms with Gasteiger partial charge in [0.05, 0.1) is 6.42 Å². The van der Waals surface area contributed by atoms with Gasteiger partial charge in [-0.05, 0) is 24.1 Å². The third-order valence-electron chi connectivity index (χ3n) is 4.07. The van der Waals surface area contributed by atoms with Crippen molar-refractivity contribution in [1.82, 2.24) is 0 Å². The fourth-order valence-electron chi connectivity index (χ4n) is 3.03. The molecular weight excluding hydrogens is 262 g/mol. The Morgan fingerprint density at radius 2 is 1.90 bits per heavy atom. The number of aryl methyl sites for hydroxylation is 1. The SMILES string of the molecule is Cc1ccc(CN2CC(CC(=O)O)c3ccccc32)cc1. The number of hydrogen-bond donors (Lipinski definition) is 1. The number of para-hydroxylation sites is 1. The van der Waals surface area contributed by atoms with E-state index >= 15 is 0 Å². The zero-order valence-corrected chi connectivity index (χ0v) is 12.1. The Morgan fingerprint density at radius 3 is 2.62 bits per heavy atom. The van der Waals surface area contributed by atoms with E-state index < -0.39 is 5.97 Å². The maximum atomic E-state index is 11.0. The molecule has 0 radical (unpaired) electrons. The summed E-state index contributed by atoms with van der Waals surface area (Å²) in [4.78, 5) is 13.3. The van der Waals surface area contributed by atoms with Crippen LogP contribution in [-0.2, 0) is 11.3 Å². The van der Waals surface area contributed by atoms with Crippen LogP contribution in [0.4, 0.5) is 5.69 Å². The van der Waals surface area contributed by atoms with Crippen molar-refractivity contribution < 1.29 is 9.90 Å². The first kappa shape index (κ1) is 13.7. The largest absolute Gasteiger partial charge is 0.481 e. The van der Waals surface area contributed by atoms with Gasteiger partial charge in [0.2, 0.25) is 0 Å². The highest BCUT2D eigenvalue weighted by atomic mass is 16.4. The van der Waals surface area contributed by atoms with Gasteiger partial charge in [-0.15, -0.1) is 0 Å². The minimum Gasteiger partial charge on any atom is -0.481 e. The Balaban J connectivity index is 1.83. The number of hydrogen-bond acceptors (Lipinski definition) is 2. The molecule has 0 spiro atoms. The van der Waals surface area contributed by atoms with E-state index in [2.05, 4.69) is 48.2 Å². The van der Waals surface area contributed by atoms with Crippen LogP contribution in [0.2, 0.25) is 0 Å². The normalized spacial score (nSPS) is 16.8. The van der Waals surface area contributed by atoms with Crippen LogP contribution < -0.4 is 4.90 Å². The standard InChI is InChI=1S/C18H19NO2/c1-13-6-8-14(9-7-13)11-19-12-15(10-18(20)21)16-4-2-3-5-17(16)19/h2-9,15H,10-12H2,1H3,(H,20,21). The number of benzene rings is 2. The highest BCUT2D eigenvalue weighted by Gasteiger charge is 2.29. The molecule has 1 unspecified atom stereocenters. The number of carboxylic acid groups (broad SMARTS) is 1. The molecule has 0 aliphatic carbocycles. The van der Waals surface area contributed by atoms with Crippen LogP contribution in [0, 0.1) is 6.92 Å². The van der Waals surface area contributed by atoms with Gasteiger partial charge in [-0.25, -0.2) is 0 Å². The molecule has 108 valence electrons. The van der Waals surface area contributed by atoms with E-state index in [0.29, 0.717) is 0 Å². The molecule has 21 heavy (non-hydrogen) atoms. The average Bonchev–Trinajstić information content (AvgIpc) is 2.79. The maximum Gasteiger partial charge on any atom is 0.304 e. The number of aliphatic carboxylic acids is 1. The summed E-state index contributed by atoms with van der Waals surface area (Å²) in [6.45, 7) is 3.69. The summed E-state index contributed by atoms with van der Waals surface area (Å²) in [7, 11) is 0. The molecule has 1 atom stereocenters. The van der Waals surface area contributed by atoms with E-state index in [1.165, 1.54) is 16.8 Å². The molecule has 3 rings (SSSR count). The molecule has 0 saturated heterocycles. The lowest BCUT2D eigenvalue weighted by Crippen LogP contribution is -2.22. The molecule has 0 bridgehead atoms. The van der Waals surface area contributed by atoms with E-state index in [0.717, 1.165) is 18.7 Å². The van der Waals surface area contributed by atoms with Crippen molar-refractivity contribution in [3.8, 4) is 0 Å². The number of carboxylic acids is 1. The van der Waals surface area contributed by atoms with Gasteiger partial charge in [-0.2, -0.15) is 0 Å². The number of nitrogens with zero attached hydrogens (tertiary/aromatic N) is 1. The Labute approximate surface area is 124 Å². The molecule has 0 amide bonds. The van der Waals surface area contributed by atoms with Crippen LogP contribution in [-0.4, -0.2) is 17.6 Å². The van der Waals surface area contributed by atoms with Crippen LogP contribution in [0.1, 0.15) is 29.0 Å². The summed E-state index contributed by atoms with van der Waals surface area (Å²) in [5.74, 6) is -0.642.